The summed E-state index contributed by atoms with van der Waals surface area (Å²) in [5, 5.41) is 13.8. The molecule has 2 aliphatic rings. The van der Waals surface area contributed by atoms with Crippen LogP contribution in [0.15, 0.2) is 30.3 Å². The quantitative estimate of drug-likeness (QED) is 0.845. The maximum Gasteiger partial charge on any atom is 0.102 e. The van der Waals surface area contributed by atoms with E-state index in [2.05, 4.69) is 31.3 Å². The van der Waals surface area contributed by atoms with Crippen LogP contribution >= 0.6 is 0 Å². The normalized spacial score (nSPS) is 33.6. The molecule has 1 aromatic carbocycles. The summed E-state index contributed by atoms with van der Waals surface area (Å²) in [7, 11) is 0. The smallest absolute Gasteiger partial charge is 0.102 e. The van der Waals surface area contributed by atoms with Crippen molar-refractivity contribution in [2.24, 2.45) is 5.41 Å². The van der Waals surface area contributed by atoms with E-state index in [1.165, 1.54) is 5.56 Å². The number of aliphatic hydroxyl groups is 1. The first-order chi connectivity index (χ1) is 10.5. The average molecular weight is 305 g/mol. The van der Waals surface area contributed by atoms with Crippen LogP contribution in [0.5, 0.6) is 0 Å². The van der Waals surface area contributed by atoms with Crippen molar-refractivity contribution in [1.29, 1.82) is 0 Å². The number of benzene rings is 1. The van der Waals surface area contributed by atoms with E-state index in [4.69, 9.17) is 9.47 Å². The van der Waals surface area contributed by atoms with Crippen molar-refractivity contribution in [3.8, 4) is 0 Å². The van der Waals surface area contributed by atoms with Gasteiger partial charge in [-0.25, -0.2) is 0 Å². The Morgan fingerprint density at radius 2 is 2.09 bits per heavy atom. The summed E-state index contributed by atoms with van der Waals surface area (Å²) in [5.41, 5.74) is 0.614. The van der Waals surface area contributed by atoms with Gasteiger partial charge in [0.05, 0.1) is 19.3 Å². The Morgan fingerprint density at radius 1 is 1.32 bits per heavy atom. The topological polar surface area (TPSA) is 50.7 Å². The molecule has 122 valence electrons. The zero-order chi connectivity index (χ0) is 15.6. The summed E-state index contributed by atoms with van der Waals surface area (Å²) in [5.74, 6) is 0. The molecule has 0 bridgehead atoms. The Bertz CT molecular complexity index is 482. The Morgan fingerprint density at radius 3 is 2.73 bits per heavy atom. The molecule has 1 aromatic rings. The second kappa shape index (κ2) is 6.28. The molecule has 0 amide bonds. The van der Waals surface area contributed by atoms with Crippen LogP contribution in [0.25, 0.3) is 0 Å². The van der Waals surface area contributed by atoms with Crippen LogP contribution in [-0.4, -0.2) is 42.6 Å². The predicted molar refractivity (Wildman–Crippen MR) is 85.6 cm³/mol. The highest BCUT2D eigenvalue weighted by Gasteiger charge is 2.49. The van der Waals surface area contributed by atoms with Gasteiger partial charge in [0.1, 0.15) is 5.60 Å². The Balaban J connectivity index is 1.45. The first kappa shape index (κ1) is 15.9. The molecule has 0 spiro atoms. The molecule has 2 fully saturated rings. The van der Waals surface area contributed by atoms with Crippen molar-refractivity contribution < 1.29 is 14.6 Å². The van der Waals surface area contributed by atoms with E-state index in [1.807, 2.05) is 18.2 Å². The minimum atomic E-state index is -0.688. The van der Waals surface area contributed by atoms with Gasteiger partial charge in [-0.2, -0.15) is 0 Å². The standard InChI is InChI=1S/C18H27NO3/c1-17(2)15(19-12-18(20)8-9-21-13-18)10-16(17)22-11-14-6-4-3-5-7-14/h3-7,15-16,19-20H,8-13H2,1-2H3/t15-,16-,18+/m1/s1. The third kappa shape index (κ3) is 3.35. The van der Waals surface area contributed by atoms with Crippen LogP contribution in [0, 0.1) is 5.41 Å². The van der Waals surface area contributed by atoms with E-state index in [0.717, 1.165) is 12.8 Å². The van der Waals surface area contributed by atoms with E-state index in [-0.39, 0.29) is 11.5 Å². The zero-order valence-electron chi connectivity index (χ0n) is 13.5. The number of hydrogen-bond acceptors (Lipinski definition) is 4. The molecule has 1 aliphatic heterocycles. The van der Waals surface area contributed by atoms with Crippen molar-refractivity contribution in [2.45, 2.75) is 51.0 Å². The molecule has 22 heavy (non-hydrogen) atoms. The third-order valence-electron chi connectivity index (χ3n) is 5.23. The van der Waals surface area contributed by atoms with Crippen molar-refractivity contribution in [3.63, 3.8) is 0 Å². The molecule has 1 saturated carbocycles. The first-order valence-corrected chi connectivity index (χ1v) is 8.19. The number of hydrogen-bond donors (Lipinski definition) is 2. The Kier molecular flexibility index (Phi) is 4.55. The number of ether oxygens (including phenoxy) is 2. The third-order valence-corrected chi connectivity index (χ3v) is 5.23. The van der Waals surface area contributed by atoms with E-state index in [0.29, 0.717) is 32.4 Å². The van der Waals surface area contributed by atoms with Crippen molar-refractivity contribution >= 4 is 0 Å². The fourth-order valence-corrected chi connectivity index (χ4v) is 3.33. The van der Waals surface area contributed by atoms with Gasteiger partial charge in [0.25, 0.3) is 0 Å². The summed E-state index contributed by atoms with van der Waals surface area (Å²) in [6, 6.07) is 10.7. The molecular weight excluding hydrogens is 278 g/mol. The fourth-order valence-electron chi connectivity index (χ4n) is 3.33. The van der Waals surface area contributed by atoms with Crippen molar-refractivity contribution in [3.05, 3.63) is 35.9 Å². The molecule has 3 rings (SSSR count). The minimum absolute atomic E-state index is 0.0879. The lowest BCUT2D eigenvalue weighted by molar-refractivity contribution is -0.128. The van der Waals surface area contributed by atoms with Gasteiger partial charge in [-0.1, -0.05) is 44.2 Å². The molecule has 0 unspecified atom stereocenters. The largest absolute Gasteiger partial charge is 0.386 e. The molecule has 0 radical (unpaired) electrons. The van der Waals surface area contributed by atoms with Gasteiger partial charge < -0.3 is 19.9 Å². The maximum absolute atomic E-state index is 10.3. The number of rotatable bonds is 6. The highest BCUT2D eigenvalue weighted by atomic mass is 16.5. The molecule has 1 aliphatic carbocycles. The zero-order valence-corrected chi connectivity index (χ0v) is 13.5. The SMILES string of the molecule is CC1(C)[C@H](NC[C@@]2(O)CCOC2)C[C@H]1OCc1ccccc1. The second-order valence-electron chi connectivity index (χ2n) is 7.30. The molecule has 4 nitrogen and oxygen atoms in total. The molecule has 3 atom stereocenters. The van der Waals surface area contributed by atoms with Gasteiger partial charge in [0.15, 0.2) is 0 Å². The average Bonchev–Trinajstić information content (AvgIpc) is 2.93. The predicted octanol–water partition coefficient (Wildman–Crippen LogP) is 2.11. The molecule has 4 heteroatoms. The highest BCUT2D eigenvalue weighted by molar-refractivity contribution is 5.14. The van der Waals surface area contributed by atoms with Gasteiger partial charge in [-0.15, -0.1) is 0 Å². The van der Waals surface area contributed by atoms with E-state index < -0.39 is 5.60 Å². The van der Waals surface area contributed by atoms with Crippen LogP contribution in [0.3, 0.4) is 0 Å². The second-order valence-corrected chi connectivity index (χ2v) is 7.30. The van der Waals surface area contributed by atoms with Crippen LogP contribution in [0.2, 0.25) is 0 Å². The van der Waals surface area contributed by atoms with Crippen molar-refractivity contribution in [2.75, 3.05) is 19.8 Å². The van der Waals surface area contributed by atoms with Gasteiger partial charge in [-0.3, -0.25) is 0 Å². The van der Waals surface area contributed by atoms with Gasteiger partial charge >= 0.3 is 0 Å². The summed E-state index contributed by atoms with van der Waals surface area (Å²) in [4.78, 5) is 0. The summed E-state index contributed by atoms with van der Waals surface area (Å²) >= 11 is 0. The van der Waals surface area contributed by atoms with Gasteiger partial charge in [0, 0.05) is 31.0 Å². The lowest BCUT2D eigenvalue weighted by atomic mass is 9.64. The molecule has 2 N–H and O–H groups in total. The van der Waals surface area contributed by atoms with Crippen LogP contribution in [0.4, 0.5) is 0 Å². The summed E-state index contributed by atoms with van der Waals surface area (Å²) in [6.45, 7) is 6.85. The van der Waals surface area contributed by atoms with Crippen LogP contribution in [-0.2, 0) is 16.1 Å². The van der Waals surface area contributed by atoms with E-state index in [9.17, 15) is 5.11 Å². The van der Waals surface area contributed by atoms with E-state index in [1.54, 1.807) is 0 Å². The van der Waals surface area contributed by atoms with Gasteiger partial charge in [0.2, 0.25) is 0 Å². The van der Waals surface area contributed by atoms with Gasteiger partial charge in [-0.05, 0) is 12.0 Å². The van der Waals surface area contributed by atoms with Crippen LogP contribution in [0.1, 0.15) is 32.3 Å². The monoisotopic (exact) mass is 305 g/mol. The van der Waals surface area contributed by atoms with Crippen molar-refractivity contribution in [1.82, 2.24) is 5.32 Å². The molecular formula is C18H27NO3. The molecule has 1 saturated heterocycles. The summed E-state index contributed by atoms with van der Waals surface area (Å²) < 4.78 is 11.4. The lowest BCUT2D eigenvalue weighted by Crippen LogP contribution is -2.62. The number of nitrogens with one attached hydrogen (secondary N) is 1. The highest BCUT2D eigenvalue weighted by Crippen LogP contribution is 2.43. The summed E-state index contributed by atoms with van der Waals surface area (Å²) in [6.07, 6.45) is 1.98. The first-order valence-electron chi connectivity index (χ1n) is 8.19. The van der Waals surface area contributed by atoms with E-state index >= 15 is 0 Å². The molecule has 1 heterocycles. The Labute approximate surface area is 132 Å². The fraction of sp³-hybridized carbons (Fsp3) is 0.667. The minimum Gasteiger partial charge on any atom is -0.386 e. The maximum atomic E-state index is 10.3. The molecule has 0 aromatic heterocycles. The lowest BCUT2D eigenvalue weighted by Gasteiger charge is -2.52. The Hall–Kier alpha value is -0.940. The van der Waals surface area contributed by atoms with Crippen LogP contribution < -0.4 is 5.32 Å².